The topological polar surface area (TPSA) is 90.1 Å². The number of hydrogen-bond acceptors (Lipinski definition) is 5. The summed E-state index contributed by atoms with van der Waals surface area (Å²) in [7, 11) is 0. The number of nitrogens with one attached hydrogen (secondary N) is 1. The number of hydrazine groups is 1. The molecule has 0 atom stereocenters. The fourth-order valence-corrected chi connectivity index (χ4v) is 2.17. The van der Waals surface area contributed by atoms with Gasteiger partial charge in [0, 0.05) is 17.3 Å². The molecule has 0 spiro atoms. The van der Waals surface area contributed by atoms with Crippen LogP contribution < -0.4 is 16.0 Å². The van der Waals surface area contributed by atoms with Gasteiger partial charge in [0.2, 0.25) is 0 Å². The van der Waals surface area contributed by atoms with Crippen LogP contribution in [0.25, 0.3) is 22.6 Å². The summed E-state index contributed by atoms with van der Waals surface area (Å²) in [5.41, 5.74) is 4.28. The summed E-state index contributed by atoms with van der Waals surface area (Å²) in [4.78, 5) is 19.8. The number of nitrogens with zero attached hydrogens (tertiary/aromatic N) is 2. The average Bonchev–Trinajstić information content (AvgIpc) is 2.67. The summed E-state index contributed by atoms with van der Waals surface area (Å²) in [5, 5.41) is 0. The molecule has 0 aliphatic carbocycles. The molecule has 7 heteroatoms. The second-order valence-corrected chi connectivity index (χ2v) is 5.15. The number of halogens is 1. The maximum Gasteiger partial charge on any atom is 0.271 e. The Bertz CT molecular complexity index is 867. The van der Waals surface area contributed by atoms with Gasteiger partial charge in [0.25, 0.3) is 5.91 Å². The minimum atomic E-state index is -0.417. The molecule has 3 rings (SSSR count). The maximum absolute atomic E-state index is 13.0. The number of amides is 1. The van der Waals surface area contributed by atoms with E-state index in [0.29, 0.717) is 17.3 Å². The van der Waals surface area contributed by atoms with Crippen LogP contribution in [0, 0.1) is 5.82 Å². The van der Waals surface area contributed by atoms with Gasteiger partial charge in [-0.15, -0.1) is 0 Å². The van der Waals surface area contributed by atoms with E-state index < -0.39 is 5.91 Å². The minimum Gasteiger partial charge on any atom is -0.484 e. The lowest BCUT2D eigenvalue weighted by Gasteiger charge is -2.07. The first-order chi connectivity index (χ1) is 12.2. The van der Waals surface area contributed by atoms with E-state index in [-0.39, 0.29) is 12.4 Å². The summed E-state index contributed by atoms with van der Waals surface area (Å²) >= 11 is 0. The van der Waals surface area contributed by atoms with Crippen molar-refractivity contribution in [3.05, 3.63) is 66.6 Å². The highest BCUT2D eigenvalue weighted by Gasteiger charge is 2.06. The summed E-state index contributed by atoms with van der Waals surface area (Å²) in [6.07, 6.45) is 1.65. The monoisotopic (exact) mass is 338 g/mol. The van der Waals surface area contributed by atoms with Crippen LogP contribution in [0.15, 0.2) is 60.8 Å². The number of hydrogen-bond donors (Lipinski definition) is 2. The van der Waals surface area contributed by atoms with Gasteiger partial charge in [0.05, 0.1) is 5.69 Å². The van der Waals surface area contributed by atoms with E-state index in [1.807, 2.05) is 5.43 Å². The molecule has 0 fully saturated rings. The molecule has 1 heterocycles. The molecular weight excluding hydrogens is 323 g/mol. The molecule has 1 aromatic heterocycles. The van der Waals surface area contributed by atoms with Crippen LogP contribution >= 0.6 is 0 Å². The van der Waals surface area contributed by atoms with Crippen LogP contribution in [-0.4, -0.2) is 22.5 Å². The average molecular weight is 338 g/mol. The number of aromatic nitrogens is 2. The van der Waals surface area contributed by atoms with Crippen molar-refractivity contribution in [2.75, 3.05) is 6.61 Å². The molecule has 0 bridgehead atoms. The Hall–Kier alpha value is -3.32. The van der Waals surface area contributed by atoms with Gasteiger partial charge in [-0.3, -0.25) is 10.2 Å². The molecule has 0 unspecified atom stereocenters. The first kappa shape index (κ1) is 16.5. The van der Waals surface area contributed by atoms with Crippen molar-refractivity contribution in [3.63, 3.8) is 0 Å². The summed E-state index contributed by atoms with van der Waals surface area (Å²) in [6.45, 7) is -0.160. The molecule has 126 valence electrons. The summed E-state index contributed by atoms with van der Waals surface area (Å²) in [6, 6.07) is 14.9. The van der Waals surface area contributed by atoms with Crippen molar-refractivity contribution in [1.82, 2.24) is 15.4 Å². The summed E-state index contributed by atoms with van der Waals surface area (Å²) < 4.78 is 18.3. The van der Waals surface area contributed by atoms with Crippen molar-refractivity contribution < 1.29 is 13.9 Å². The van der Waals surface area contributed by atoms with Crippen molar-refractivity contribution in [1.29, 1.82) is 0 Å². The molecule has 6 nitrogen and oxygen atoms in total. The first-order valence-electron chi connectivity index (χ1n) is 7.47. The zero-order valence-corrected chi connectivity index (χ0v) is 13.1. The van der Waals surface area contributed by atoms with Gasteiger partial charge >= 0.3 is 0 Å². The number of carbonyl (C=O) groups excluding carboxylic acids is 1. The zero-order chi connectivity index (χ0) is 17.6. The second kappa shape index (κ2) is 7.50. The van der Waals surface area contributed by atoms with Crippen LogP contribution in [0.1, 0.15) is 0 Å². The molecule has 3 aromatic rings. The zero-order valence-electron chi connectivity index (χ0n) is 13.1. The molecule has 25 heavy (non-hydrogen) atoms. The molecule has 0 radical (unpaired) electrons. The predicted octanol–water partition coefficient (Wildman–Crippen LogP) is 2.32. The normalized spacial score (nSPS) is 10.3. The van der Waals surface area contributed by atoms with Crippen LogP contribution in [-0.2, 0) is 4.79 Å². The van der Waals surface area contributed by atoms with E-state index in [0.717, 1.165) is 11.1 Å². The quantitative estimate of drug-likeness (QED) is 0.423. The Morgan fingerprint density at radius 1 is 1.04 bits per heavy atom. The largest absolute Gasteiger partial charge is 0.484 e. The van der Waals surface area contributed by atoms with Gasteiger partial charge in [0.15, 0.2) is 12.4 Å². The van der Waals surface area contributed by atoms with Gasteiger partial charge in [-0.2, -0.15) is 0 Å². The van der Waals surface area contributed by atoms with Crippen LogP contribution in [0.2, 0.25) is 0 Å². The lowest BCUT2D eigenvalue weighted by atomic mass is 10.1. The van der Waals surface area contributed by atoms with E-state index in [4.69, 9.17) is 10.6 Å². The SMILES string of the molecule is NNC(=O)COc1ccc(-c2nccc(-c3ccc(F)cc3)n2)cc1. The van der Waals surface area contributed by atoms with E-state index >= 15 is 0 Å². The Labute approximate surface area is 143 Å². The highest BCUT2D eigenvalue weighted by molar-refractivity contribution is 5.76. The third-order valence-electron chi connectivity index (χ3n) is 3.44. The molecule has 0 aliphatic heterocycles. The number of carbonyl (C=O) groups is 1. The van der Waals surface area contributed by atoms with Gasteiger partial charge in [-0.05, 0) is 54.6 Å². The Balaban J connectivity index is 1.79. The highest BCUT2D eigenvalue weighted by Crippen LogP contribution is 2.23. The third kappa shape index (κ3) is 4.15. The third-order valence-corrected chi connectivity index (χ3v) is 3.44. The maximum atomic E-state index is 13.0. The number of ether oxygens (including phenoxy) is 1. The van der Waals surface area contributed by atoms with Crippen LogP contribution in [0.3, 0.4) is 0 Å². The van der Waals surface area contributed by atoms with E-state index in [1.165, 1.54) is 12.1 Å². The fraction of sp³-hybridized carbons (Fsp3) is 0.0556. The van der Waals surface area contributed by atoms with E-state index in [1.54, 1.807) is 48.7 Å². The Morgan fingerprint density at radius 3 is 2.40 bits per heavy atom. The molecule has 1 amide bonds. The number of nitrogens with two attached hydrogens (primary N) is 1. The van der Waals surface area contributed by atoms with Crippen molar-refractivity contribution in [3.8, 4) is 28.4 Å². The van der Waals surface area contributed by atoms with Crippen molar-refractivity contribution in [2.45, 2.75) is 0 Å². The number of rotatable bonds is 5. The van der Waals surface area contributed by atoms with Gasteiger partial charge in [-0.1, -0.05) is 0 Å². The molecule has 0 aliphatic rings. The van der Waals surface area contributed by atoms with Crippen molar-refractivity contribution in [2.24, 2.45) is 5.84 Å². The smallest absolute Gasteiger partial charge is 0.271 e. The fourth-order valence-electron chi connectivity index (χ4n) is 2.17. The first-order valence-corrected chi connectivity index (χ1v) is 7.47. The Morgan fingerprint density at radius 2 is 1.72 bits per heavy atom. The van der Waals surface area contributed by atoms with E-state index in [9.17, 15) is 9.18 Å². The highest BCUT2D eigenvalue weighted by atomic mass is 19.1. The van der Waals surface area contributed by atoms with Crippen LogP contribution in [0.4, 0.5) is 4.39 Å². The predicted molar refractivity (Wildman–Crippen MR) is 90.7 cm³/mol. The molecule has 3 N–H and O–H groups in total. The lowest BCUT2D eigenvalue weighted by Crippen LogP contribution is -2.34. The lowest BCUT2D eigenvalue weighted by molar-refractivity contribution is -0.123. The van der Waals surface area contributed by atoms with E-state index in [2.05, 4.69) is 9.97 Å². The Kier molecular flexibility index (Phi) is 4.96. The van der Waals surface area contributed by atoms with Crippen LogP contribution in [0.5, 0.6) is 5.75 Å². The second-order valence-electron chi connectivity index (χ2n) is 5.15. The molecule has 0 saturated heterocycles. The van der Waals surface area contributed by atoms with Gasteiger partial charge in [0.1, 0.15) is 11.6 Å². The summed E-state index contributed by atoms with van der Waals surface area (Å²) in [5.74, 6) is 5.34. The van der Waals surface area contributed by atoms with Crippen molar-refractivity contribution >= 4 is 5.91 Å². The van der Waals surface area contributed by atoms with Gasteiger partial charge < -0.3 is 4.74 Å². The molecular formula is C18H15FN4O2. The molecule has 0 saturated carbocycles. The minimum absolute atomic E-state index is 0.160. The standard InChI is InChI=1S/C18H15FN4O2/c19-14-5-1-12(2-6-14)16-9-10-21-18(22-16)13-3-7-15(8-4-13)25-11-17(24)23-20/h1-10H,11,20H2,(H,23,24). The number of benzene rings is 2. The van der Waals surface area contributed by atoms with Gasteiger partial charge in [-0.25, -0.2) is 20.2 Å². The molecule has 2 aromatic carbocycles.